The molecule has 0 spiro atoms. The number of aliphatic carboxylic acids is 1. The Labute approximate surface area is 234 Å². The number of carbonyl (C=O) groups excluding carboxylic acids is 5. The minimum atomic E-state index is -1.29. The van der Waals surface area contributed by atoms with Crippen LogP contribution in [0, 0.1) is 0 Å². The fourth-order valence-electron chi connectivity index (χ4n) is 4.81. The monoisotopic (exact) mass is 560 g/mol. The number of benzene rings is 1. The molecule has 40 heavy (non-hydrogen) atoms. The van der Waals surface area contributed by atoms with E-state index < -0.39 is 60.4 Å². The molecule has 3 N–H and O–H groups in total. The molecule has 0 aliphatic carbocycles. The molecule has 1 aromatic rings. The molecule has 1 aromatic carbocycles. The minimum Gasteiger partial charge on any atom is -0.481 e. The van der Waals surface area contributed by atoms with E-state index in [9.17, 15) is 33.9 Å². The summed E-state index contributed by atoms with van der Waals surface area (Å²) in [6, 6.07) is 4.90. The van der Waals surface area contributed by atoms with Gasteiger partial charge in [0.1, 0.15) is 24.4 Å². The molecule has 1 saturated heterocycles. The van der Waals surface area contributed by atoms with Crippen molar-refractivity contribution in [3.05, 3.63) is 35.9 Å². The average molecular weight is 561 g/mol. The largest absolute Gasteiger partial charge is 0.481 e. The zero-order chi connectivity index (χ0) is 30.0. The summed E-state index contributed by atoms with van der Waals surface area (Å²) >= 11 is 0. The van der Waals surface area contributed by atoms with Crippen LogP contribution >= 0.6 is 0 Å². The minimum absolute atomic E-state index is 0.0991. The standard InChI is InChI=1S/C28H40N4O8/c1-5-6-12-22(31(4)27(39)24(30(3)18(2)34)13-19-10-8-7-9-11-19)28(40)32-16-21(35)15-23(32)26(38)29-20(17-33)14-25(36)37/h7-11,17,20-24,35H,5-6,12-16H2,1-4H3,(H,29,38)(H,36,37)/t20-,21?,22-,23+,24-/m0/s1. The first-order chi connectivity index (χ1) is 18.9. The lowest BCUT2D eigenvalue weighted by molar-refractivity contribution is -0.151. The first-order valence-electron chi connectivity index (χ1n) is 13.4. The fraction of sp³-hybridized carbons (Fsp3) is 0.571. The molecule has 2 rings (SSSR count). The Morgan fingerprint density at radius 3 is 2.30 bits per heavy atom. The van der Waals surface area contributed by atoms with Crippen molar-refractivity contribution >= 4 is 35.9 Å². The number of likely N-dealkylation sites (N-methyl/N-ethyl adjacent to an activating group) is 2. The molecule has 0 saturated carbocycles. The second-order valence-corrected chi connectivity index (χ2v) is 10.2. The number of carboxylic acids is 1. The van der Waals surface area contributed by atoms with Crippen LogP contribution in [0.15, 0.2) is 30.3 Å². The third-order valence-corrected chi connectivity index (χ3v) is 7.20. The van der Waals surface area contributed by atoms with Gasteiger partial charge in [0.25, 0.3) is 0 Å². The number of β-amino-alcohol motifs (C(OH)–C–C–N with tert-alkyl or cyclic N) is 1. The maximum Gasteiger partial charge on any atom is 0.305 e. The van der Waals surface area contributed by atoms with Crippen LogP contribution in [0.5, 0.6) is 0 Å². The van der Waals surface area contributed by atoms with Gasteiger partial charge in [-0.25, -0.2) is 0 Å². The van der Waals surface area contributed by atoms with Crippen molar-refractivity contribution < 1.29 is 39.0 Å². The number of likely N-dealkylation sites (tertiary alicyclic amines) is 1. The summed E-state index contributed by atoms with van der Waals surface area (Å²) in [4.78, 5) is 79.1. The Kier molecular flexibility index (Phi) is 12.2. The van der Waals surface area contributed by atoms with E-state index in [-0.39, 0.29) is 31.7 Å². The Hall–Kier alpha value is -3.80. The molecular weight excluding hydrogens is 520 g/mol. The number of aliphatic hydroxyl groups excluding tert-OH is 1. The van der Waals surface area contributed by atoms with Gasteiger partial charge < -0.3 is 35.0 Å². The van der Waals surface area contributed by atoms with E-state index in [1.807, 2.05) is 37.3 Å². The third kappa shape index (κ3) is 8.60. The topological polar surface area (TPSA) is 165 Å². The Morgan fingerprint density at radius 2 is 1.75 bits per heavy atom. The van der Waals surface area contributed by atoms with E-state index in [0.717, 1.165) is 12.0 Å². The van der Waals surface area contributed by atoms with E-state index in [0.29, 0.717) is 12.7 Å². The predicted octanol–water partition coefficient (Wildman–Crippen LogP) is 0.213. The number of carboxylic acid groups (broad SMARTS) is 1. The summed E-state index contributed by atoms with van der Waals surface area (Å²) in [5.41, 5.74) is 0.837. The molecule has 5 atom stereocenters. The highest BCUT2D eigenvalue weighted by atomic mass is 16.4. The van der Waals surface area contributed by atoms with Crippen molar-refractivity contribution in [1.82, 2.24) is 20.0 Å². The number of nitrogens with zero attached hydrogens (tertiary/aromatic N) is 3. The van der Waals surface area contributed by atoms with Crippen LogP contribution in [-0.2, 0) is 35.2 Å². The van der Waals surface area contributed by atoms with Crippen molar-refractivity contribution in [2.24, 2.45) is 0 Å². The summed E-state index contributed by atoms with van der Waals surface area (Å²) < 4.78 is 0. The van der Waals surface area contributed by atoms with E-state index >= 15 is 0 Å². The molecule has 0 bridgehead atoms. The number of hydrogen-bond donors (Lipinski definition) is 3. The second kappa shape index (κ2) is 15.1. The third-order valence-electron chi connectivity index (χ3n) is 7.20. The van der Waals surface area contributed by atoms with Gasteiger partial charge in [-0.1, -0.05) is 50.1 Å². The number of hydrogen-bond acceptors (Lipinski definition) is 7. The Morgan fingerprint density at radius 1 is 1.10 bits per heavy atom. The smallest absolute Gasteiger partial charge is 0.305 e. The summed E-state index contributed by atoms with van der Waals surface area (Å²) in [6.45, 7) is 3.13. The fourth-order valence-corrected chi connectivity index (χ4v) is 4.81. The van der Waals surface area contributed by atoms with Crippen molar-refractivity contribution in [2.75, 3.05) is 20.6 Å². The first-order valence-corrected chi connectivity index (χ1v) is 13.4. The molecule has 1 fully saturated rings. The molecule has 12 heteroatoms. The van der Waals surface area contributed by atoms with E-state index in [2.05, 4.69) is 5.32 Å². The number of carbonyl (C=O) groups is 6. The molecule has 1 aliphatic rings. The van der Waals surface area contributed by atoms with Crippen LogP contribution in [0.2, 0.25) is 0 Å². The summed E-state index contributed by atoms with van der Waals surface area (Å²) in [7, 11) is 3.02. The molecule has 220 valence electrons. The molecule has 0 radical (unpaired) electrons. The van der Waals surface area contributed by atoms with Gasteiger partial charge in [-0.05, 0) is 12.0 Å². The van der Waals surface area contributed by atoms with Crippen LogP contribution in [0.1, 0.15) is 51.5 Å². The van der Waals surface area contributed by atoms with Crippen LogP contribution in [0.3, 0.4) is 0 Å². The van der Waals surface area contributed by atoms with Gasteiger partial charge in [0.2, 0.25) is 23.6 Å². The highest BCUT2D eigenvalue weighted by Crippen LogP contribution is 2.23. The maximum absolute atomic E-state index is 13.9. The highest BCUT2D eigenvalue weighted by molar-refractivity contribution is 5.95. The SMILES string of the molecule is CCCC[C@@H](C(=O)N1CC(O)C[C@@H]1C(=O)N[C@H](C=O)CC(=O)O)N(C)C(=O)[C@H](Cc1ccccc1)N(C)C(C)=O. The number of nitrogens with one attached hydrogen (secondary N) is 1. The number of amides is 4. The Bertz CT molecular complexity index is 1070. The van der Waals surface area contributed by atoms with Gasteiger partial charge in [0.15, 0.2) is 0 Å². The van der Waals surface area contributed by atoms with E-state index in [4.69, 9.17) is 5.11 Å². The lowest BCUT2D eigenvalue weighted by atomic mass is 10.0. The van der Waals surface area contributed by atoms with Crippen molar-refractivity contribution in [3.63, 3.8) is 0 Å². The number of unbranched alkanes of at least 4 members (excludes halogenated alkanes) is 1. The van der Waals surface area contributed by atoms with Crippen LogP contribution < -0.4 is 5.32 Å². The van der Waals surface area contributed by atoms with Gasteiger partial charge in [0.05, 0.1) is 18.6 Å². The van der Waals surface area contributed by atoms with Crippen molar-refractivity contribution in [1.29, 1.82) is 0 Å². The van der Waals surface area contributed by atoms with Gasteiger partial charge in [-0.15, -0.1) is 0 Å². The number of aliphatic hydroxyl groups is 1. The zero-order valence-corrected chi connectivity index (χ0v) is 23.5. The van der Waals surface area contributed by atoms with Crippen LogP contribution in [0.25, 0.3) is 0 Å². The predicted molar refractivity (Wildman–Crippen MR) is 145 cm³/mol. The molecular formula is C28H40N4O8. The molecule has 1 aliphatic heterocycles. The molecule has 12 nitrogen and oxygen atoms in total. The van der Waals surface area contributed by atoms with Crippen LogP contribution in [-0.4, -0.2) is 112 Å². The second-order valence-electron chi connectivity index (χ2n) is 10.2. The molecule has 4 amide bonds. The molecule has 1 heterocycles. The zero-order valence-electron chi connectivity index (χ0n) is 23.5. The van der Waals surface area contributed by atoms with Crippen molar-refractivity contribution in [3.8, 4) is 0 Å². The molecule has 0 aromatic heterocycles. The van der Waals surface area contributed by atoms with E-state index in [1.165, 1.54) is 35.7 Å². The lowest BCUT2D eigenvalue weighted by Gasteiger charge is -2.36. The number of rotatable bonds is 14. The maximum atomic E-state index is 13.9. The van der Waals surface area contributed by atoms with Crippen molar-refractivity contribution in [2.45, 2.75) is 82.6 Å². The normalized spacial score (nSPS) is 18.8. The van der Waals surface area contributed by atoms with Gasteiger partial charge >= 0.3 is 5.97 Å². The Balaban J connectivity index is 2.33. The lowest BCUT2D eigenvalue weighted by Crippen LogP contribution is -2.58. The average Bonchev–Trinajstić information content (AvgIpc) is 3.32. The van der Waals surface area contributed by atoms with Gasteiger partial charge in [0, 0.05) is 40.4 Å². The quantitative estimate of drug-likeness (QED) is 0.272. The molecule has 1 unspecified atom stereocenters. The van der Waals surface area contributed by atoms with Gasteiger partial charge in [-0.3, -0.25) is 24.0 Å². The number of aldehydes is 1. The first kappa shape index (κ1) is 32.4. The van der Waals surface area contributed by atoms with E-state index in [1.54, 1.807) is 0 Å². The highest BCUT2D eigenvalue weighted by Gasteiger charge is 2.44. The summed E-state index contributed by atoms with van der Waals surface area (Å²) in [5.74, 6) is -3.35. The summed E-state index contributed by atoms with van der Waals surface area (Å²) in [6.07, 6.45) is 0.415. The van der Waals surface area contributed by atoms with Crippen LogP contribution in [0.4, 0.5) is 0 Å². The summed E-state index contributed by atoms with van der Waals surface area (Å²) in [5, 5.41) is 21.6. The van der Waals surface area contributed by atoms with Gasteiger partial charge in [-0.2, -0.15) is 0 Å².